The number of rotatable bonds is 2. The predicted octanol–water partition coefficient (Wildman–Crippen LogP) is 3.79. The molecular formula is C18H32O5Si. The lowest BCUT2D eigenvalue weighted by Crippen LogP contribution is -2.46. The summed E-state index contributed by atoms with van der Waals surface area (Å²) in [5.41, 5.74) is 0. The Morgan fingerprint density at radius 1 is 1.21 bits per heavy atom. The van der Waals surface area contributed by atoms with Gasteiger partial charge < -0.3 is 18.6 Å². The smallest absolute Gasteiger partial charge is 0.330 e. The summed E-state index contributed by atoms with van der Waals surface area (Å²) >= 11 is 0. The molecule has 2 unspecified atom stereocenters. The van der Waals surface area contributed by atoms with E-state index in [0.717, 1.165) is 12.8 Å². The molecule has 2 heterocycles. The average Bonchev–Trinajstić information content (AvgIpc) is 2.89. The van der Waals surface area contributed by atoms with Crippen LogP contribution in [0.4, 0.5) is 0 Å². The van der Waals surface area contributed by atoms with Gasteiger partial charge in [-0.15, -0.1) is 0 Å². The molecule has 6 heteroatoms. The second-order valence-electron chi connectivity index (χ2n) is 8.37. The van der Waals surface area contributed by atoms with Crippen LogP contribution in [0, 0.1) is 0 Å². The Morgan fingerprint density at radius 2 is 1.83 bits per heavy atom. The van der Waals surface area contributed by atoms with Crippen molar-refractivity contribution >= 4 is 14.3 Å². The molecular weight excluding hydrogens is 324 g/mol. The van der Waals surface area contributed by atoms with E-state index in [9.17, 15) is 4.79 Å². The minimum atomic E-state index is -1.91. The molecule has 1 saturated heterocycles. The largest absolute Gasteiger partial charge is 0.460 e. The number of hydrogen-bond donors (Lipinski definition) is 0. The van der Waals surface area contributed by atoms with Crippen LogP contribution >= 0.6 is 0 Å². The van der Waals surface area contributed by atoms with Gasteiger partial charge in [0, 0.05) is 12.5 Å². The second kappa shape index (κ2) is 7.28. The number of ether oxygens (including phenoxy) is 3. The van der Waals surface area contributed by atoms with Crippen LogP contribution in [0.1, 0.15) is 47.0 Å². The SMILES string of the molecule is CC1CCC(O[Si](C)(C)C(C)(C)C)CC2(/C=C\C(=O)O1)OCCO2. The van der Waals surface area contributed by atoms with Gasteiger partial charge in [0.1, 0.15) is 0 Å². The standard InChI is InChI=1S/C18H32O5Si/c1-14-7-8-15(23-24(5,6)17(2,3)4)13-18(20-11-12-21-18)10-9-16(19)22-14/h9-10,14-15H,7-8,11-13H2,1-6H3/b10-9-. The van der Waals surface area contributed by atoms with Crippen LogP contribution in [0.5, 0.6) is 0 Å². The summed E-state index contributed by atoms with van der Waals surface area (Å²) in [5, 5.41) is 0.140. The van der Waals surface area contributed by atoms with E-state index in [1.54, 1.807) is 6.08 Å². The van der Waals surface area contributed by atoms with Crippen molar-refractivity contribution in [2.45, 2.75) is 83.1 Å². The molecule has 0 N–H and O–H groups in total. The summed E-state index contributed by atoms with van der Waals surface area (Å²) in [6.45, 7) is 14.2. The summed E-state index contributed by atoms with van der Waals surface area (Å²) in [5.74, 6) is -1.21. The van der Waals surface area contributed by atoms with Crippen molar-refractivity contribution in [1.82, 2.24) is 0 Å². The summed E-state index contributed by atoms with van der Waals surface area (Å²) in [6.07, 6.45) is 5.23. The zero-order chi connectivity index (χ0) is 18.0. The van der Waals surface area contributed by atoms with Crippen molar-refractivity contribution in [3.05, 3.63) is 12.2 Å². The normalized spacial score (nSPS) is 30.2. The zero-order valence-electron chi connectivity index (χ0n) is 15.9. The molecule has 5 nitrogen and oxygen atoms in total. The molecule has 0 radical (unpaired) electrons. The number of esters is 1. The first-order valence-corrected chi connectivity index (χ1v) is 11.8. The molecule has 0 bridgehead atoms. The fourth-order valence-corrected chi connectivity index (χ4v) is 4.17. The topological polar surface area (TPSA) is 54.0 Å². The van der Waals surface area contributed by atoms with E-state index in [1.165, 1.54) is 6.08 Å². The number of cyclic esters (lactones) is 1. The van der Waals surface area contributed by atoms with E-state index < -0.39 is 14.1 Å². The molecule has 2 aliphatic heterocycles. The van der Waals surface area contributed by atoms with Crippen molar-refractivity contribution in [2.24, 2.45) is 0 Å². The Morgan fingerprint density at radius 3 is 2.42 bits per heavy atom. The maximum atomic E-state index is 11.8. The summed E-state index contributed by atoms with van der Waals surface area (Å²) < 4.78 is 23.7. The quantitative estimate of drug-likeness (QED) is 0.556. The van der Waals surface area contributed by atoms with E-state index in [4.69, 9.17) is 18.6 Å². The maximum Gasteiger partial charge on any atom is 0.330 e. The van der Waals surface area contributed by atoms with Gasteiger partial charge in [-0.2, -0.15) is 0 Å². The van der Waals surface area contributed by atoms with Gasteiger partial charge >= 0.3 is 5.97 Å². The lowest BCUT2D eigenvalue weighted by Gasteiger charge is -2.41. The minimum absolute atomic E-state index is 0.0212. The van der Waals surface area contributed by atoms with E-state index in [0.29, 0.717) is 19.6 Å². The van der Waals surface area contributed by atoms with Crippen LogP contribution < -0.4 is 0 Å². The monoisotopic (exact) mass is 356 g/mol. The number of hydrogen-bond acceptors (Lipinski definition) is 5. The van der Waals surface area contributed by atoms with Gasteiger partial charge in [0.15, 0.2) is 14.1 Å². The summed E-state index contributed by atoms with van der Waals surface area (Å²) in [6, 6.07) is 0. The Labute approximate surface area is 146 Å². The maximum absolute atomic E-state index is 11.8. The highest BCUT2D eigenvalue weighted by Crippen LogP contribution is 2.40. The van der Waals surface area contributed by atoms with Crippen LogP contribution in [0.15, 0.2) is 12.2 Å². The van der Waals surface area contributed by atoms with Crippen molar-refractivity contribution in [2.75, 3.05) is 13.2 Å². The molecule has 2 aliphatic rings. The molecule has 0 aliphatic carbocycles. The molecule has 2 rings (SSSR count). The summed E-state index contributed by atoms with van der Waals surface area (Å²) in [7, 11) is -1.91. The fraction of sp³-hybridized carbons (Fsp3) is 0.833. The van der Waals surface area contributed by atoms with Gasteiger partial charge in [-0.05, 0) is 44.0 Å². The second-order valence-corrected chi connectivity index (χ2v) is 13.1. The first-order valence-electron chi connectivity index (χ1n) is 8.89. The lowest BCUT2D eigenvalue weighted by molar-refractivity contribution is -0.150. The van der Waals surface area contributed by atoms with Crippen LogP contribution in [0.2, 0.25) is 18.1 Å². The fourth-order valence-electron chi connectivity index (χ4n) is 2.78. The molecule has 0 saturated carbocycles. The van der Waals surface area contributed by atoms with E-state index in [2.05, 4.69) is 33.9 Å². The van der Waals surface area contributed by atoms with Crippen molar-refractivity contribution in [3.63, 3.8) is 0 Å². The van der Waals surface area contributed by atoms with E-state index >= 15 is 0 Å². The third kappa shape index (κ3) is 4.91. The minimum Gasteiger partial charge on any atom is -0.460 e. The predicted molar refractivity (Wildman–Crippen MR) is 95.3 cm³/mol. The Bertz CT molecular complexity index is 474. The average molecular weight is 357 g/mol. The third-order valence-corrected chi connectivity index (χ3v) is 9.78. The Balaban J connectivity index is 2.22. The van der Waals surface area contributed by atoms with Gasteiger partial charge in [-0.1, -0.05) is 20.8 Å². The van der Waals surface area contributed by atoms with Crippen LogP contribution in [0.3, 0.4) is 0 Å². The first-order chi connectivity index (χ1) is 11.0. The van der Waals surface area contributed by atoms with Crippen molar-refractivity contribution in [1.29, 1.82) is 0 Å². The first kappa shape index (κ1) is 19.6. The van der Waals surface area contributed by atoms with Crippen molar-refractivity contribution < 1.29 is 23.4 Å². The molecule has 138 valence electrons. The lowest BCUT2D eigenvalue weighted by atomic mass is 10.0. The number of carbonyl (C=O) groups is 1. The molecule has 0 aromatic carbocycles. The molecule has 1 fully saturated rings. The van der Waals surface area contributed by atoms with Crippen molar-refractivity contribution in [3.8, 4) is 0 Å². The molecule has 24 heavy (non-hydrogen) atoms. The molecule has 2 atom stereocenters. The third-order valence-electron chi connectivity index (χ3n) is 5.24. The molecule has 0 aromatic heterocycles. The van der Waals surface area contributed by atoms with E-state index in [1.807, 2.05) is 6.92 Å². The highest BCUT2D eigenvalue weighted by molar-refractivity contribution is 6.74. The summed E-state index contributed by atoms with van der Waals surface area (Å²) in [4.78, 5) is 11.8. The van der Waals surface area contributed by atoms with Gasteiger partial charge in [-0.3, -0.25) is 0 Å². The van der Waals surface area contributed by atoms with Gasteiger partial charge in [-0.25, -0.2) is 4.79 Å². The van der Waals surface area contributed by atoms with Crippen LogP contribution in [0.25, 0.3) is 0 Å². The molecule has 1 spiro atoms. The number of carbonyl (C=O) groups excluding carboxylic acids is 1. The van der Waals surface area contributed by atoms with Gasteiger partial charge in [0.05, 0.1) is 25.4 Å². The zero-order valence-corrected chi connectivity index (χ0v) is 16.9. The van der Waals surface area contributed by atoms with Gasteiger partial charge in [0.25, 0.3) is 0 Å². The molecule has 0 aromatic rings. The molecule has 0 amide bonds. The highest BCUT2D eigenvalue weighted by Gasteiger charge is 2.43. The Kier molecular flexibility index (Phi) is 5.95. The van der Waals surface area contributed by atoms with E-state index in [-0.39, 0.29) is 23.2 Å². The highest BCUT2D eigenvalue weighted by atomic mass is 28.4. The Hall–Kier alpha value is -0.693. The van der Waals surface area contributed by atoms with Gasteiger partial charge in [0.2, 0.25) is 0 Å². The van der Waals surface area contributed by atoms with Crippen LogP contribution in [-0.4, -0.2) is 45.5 Å². The van der Waals surface area contributed by atoms with Crippen LogP contribution in [-0.2, 0) is 23.4 Å².